The highest BCUT2D eigenvalue weighted by molar-refractivity contribution is 7.89. The molecule has 21 heavy (non-hydrogen) atoms. The largest absolute Gasteiger partial charge is 0.335 e. The fourth-order valence-electron chi connectivity index (χ4n) is 2.56. The third-order valence-corrected chi connectivity index (χ3v) is 5.41. The molecule has 0 saturated carbocycles. The predicted molar refractivity (Wildman–Crippen MR) is 81.8 cm³/mol. The number of nitrogens with two attached hydrogens (primary N) is 1. The van der Waals surface area contributed by atoms with Crippen molar-refractivity contribution in [2.24, 2.45) is 5.73 Å². The Kier molecular flexibility index (Phi) is 4.67. The van der Waals surface area contributed by atoms with Gasteiger partial charge in [-0.05, 0) is 5.56 Å². The maximum Gasteiger partial charge on any atom is 0.260 e. The van der Waals surface area contributed by atoms with Crippen LogP contribution in [0.4, 0.5) is 0 Å². The van der Waals surface area contributed by atoms with Crippen molar-refractivity contribution < 1.29 is 8.42 Å². The van der Waals surface area contributed by atoms with Crippen molar-refractivity contribution in [2.45, 2.75) is 17.0 Å². The van der Waals surface area contributed by atoms with E-state index in [4.69, 9.17) is 5.73 Å². The van der Waals surface area contributed by atoms with Crippen LogP contribution in [0.2, 0.25) is 0 Å². The second-order valence-corrected chi connectivity index (χ2v) is 6.83. The SMILES string of the molecule is Cl.N[C@@H]1CN(S(=O)(=O)c2cnc[nH]2)C[C@H]1c1ccccc1. The van der Waals surface area contributed by atoms with E-state index in [0.717, 1.165) is 5.56 Å². The number of H-pyrrole nitrogens is 1. The van der Waals surface area contributed by atoms with Gasteiger partial charge in [0.15, 0.2) is 5.03 Å². The smallest absolute Gasteiger partial charge is 0.260 e. The number of imidazole rings is 1. The van der Waals surface area contributed by atoms with Gasteiger partial charge < -0.3 is 10.7 Å². The van der Waals surface area contributed by atoms with Crippen LogP contribution < -0.4 is 5.73 Å². The van der Waals surface area contributed by atoms with Gasteiger partial charge in [-0.25, -0.2) is 13.4 Å². The molecule has 1 aliphatic heterocycles. The van der Waals surface area contributed by atoms with Gasteiger partial charge in [0.1, 0.15) is 0 Å². The molecule has 1 aromatic carbocycles. The van der Waals surface area contributed by atoms with E-state index < -0.39 is 10.0 Å². The van der Waals surface area contributed by atoms with Gasteiger partial charge >= 0.3 is 0 Å². The Labute approximate surface area is 129 Å². The number of sulfonamides is 1. The molecule has 2 heterocycles. The Balaban J connectivity index is 0.00000161. The zero-order valence-electron chi connectivity index (χ0n) is 11.2. The van der Waals surface area contributed by atoms with Crippen LogP contribution in [0.15, 0.2) is 47.9 Å². The minimum absolute atomic E-state index is 0. The standard InChI is InChI=1S/C13H16N4O2S.ClH/c14-12-8-17(20(18,19)13-6-15-9-16-13)7-11(12)10-4-2-1-3-5-10;/h1-6,9,11-12H,7-8,14H2,(H,15,16);1H/t11-,12+;/m0./s1. The first kappa shape index (κ1) is 16.0. The fraction of sp³-hybridized carbons (Fsp3) is 0.308. The molecule has 3 rings (SSSR count). The summed E-state index contributed by atoms with van der Waals surface area (Å²) < 4.78 is 26.3. The maximum atomic E-state index is 12.4. The molecule has 1 aromatic heterocycles. The zero-order chi connectivity index (χ0) is 14.2. The third kappa shape index (κ3) is 2.96. The van der Waals surface area contributed by atoms with Gasteiger partial charge in [0, 0.05) is 25.0 Å². The first-order chi connectivity index (χ1) is 9.59. The van der Waals surface area contributed by atoms with Crippen molar-refractivity contribution in [2.75, 3.05) is 13.1 Å². The van der Waals surface area contributed by atoms with Crippen molar-refractivity contribution in [3.8, 4) is 0 Å². The second-order valence-electron chi connectivity index (χ2n) is 4.92. The number of halogens is 1. The first-order valence-electron chi connectivity index (χ1n) is 6.38. The molecular formula is C13H17ClN4O2S. The van der Waals surface area contributed by atoms with Gasteiger partial charge in [-0.1, -0.05) is 30.3 Å². The van der Waals surface area contributed by atoms with Crippen molar-refractivity contribution in [3.63, 3.8) is 0 Å². The van der Waals surface area contributed by atoms with Crippen LogP contribution in [0.3, 0.4) is 0 Å². The van der Waals surface area contributed by atoms with Gasteiger partial charge in [-0.3, -0.25) is 0 Å². The van der Waals surface area contributed by atoms with Crippen LogP contribution in [0.1, 0.15) is 11.5 Å². The summed E-state index contributed by atoms with van der Waals surface area (Å²) in [6, 6.07) is 9.58. The minimum Gasteiger partial charge on any atom is -0.335 e. The van der Waals surface area contributed by atoms with Crippen molar-refractivity contribution >= 4 is 22.4 Å². The molecule has 8 heteroatoms. The lowest BCUT2D eigenvalue weighted by Gasteiger charge is -2.15. The topological polar surface area (TPSA) is 92.1 Å². The number of nitrogens with one attached hydrogen (secondary N) is 1. The number of rotatable bonds is 3. The lowest BCUT2D eigenvalue weighted by Crippen LogP contribution is -2.32. The molecule has 1 fully saturated rings. The molecular weight excluding hydrogens is 312 g/mol. The molecule has 0 radical (unpaired) electrons. The average molecular weight is 329 g/mol. The molecule has 0 bridgehead atoms. The monoisotopic (exact) mass is 328 g/mol. The number of hydrogen-bond acceptors (Lipinski definition) is 4. The van der Waals surface area contributed by atoms with Gasteiger partial charge in [0.2, 0.25) is 0 Å². The highest BCUT2D eigenvalue weighted by Gasteiger charge is 2.38. The van der Waals surface area contributed by atoms with E-state index in [0.29, 0.717) is 13.1 Å². The van der Waals surface area contributed by atoms with Crippen LogP contribution in [0.25, 0.3) is 0 Å². The van der Waals surface area contributed by atoms with E-state index in [1.165, 1.54) is 16.8 Å². The number of aromatic amines is 1. The molecule has 1 aliphatic rings. The van der Waals surface area contributed by atoms with Gasteiger partial charge in [0.25, 0.3) is 10.0 Å². The molecule has 6 nitrogen and oxygen atoms in total. The summed E-state index contributed by atoms with van der Waals surface area (Å²) in [4.78, 5) is 6.41. The minimum atomic E-state index is -3.53. The van der Waals surface area contributed by atoms with Crippen LogP contribution >= 0.6 is 12.4 Å². The third-order valence-electron chi connectivity index (χ3n) is 3.65. The highest BCUT2D eigenvalue weighted by Crippen LogP contribution is 2.29. The molecule has 0 amide bonds. The van der Waals surface area contributed by atoms with Crippen LogP contribution in [-0.4, -0.2) is 41.8 Å². The molecule has 0 aliphatic carbocycles. The number of benzene rings is 1. The van der Waals surface area contributed by atoms with Crippen LogP contribution in [-0.2, 0) is 10.0 Å². The molecule has 0 unspecified atom stereocenters. The van der Waals surface area contributed by atoms with Crippen molar-refractivity contribution in [3.05, 3.63) is 48.4 Å². The fourth-order valence-corrected chi connectivity index (χ4v) is 3.96. The lowest BCUT2D eigenvalue weighted by atomic mass is 9.95. The summed E-state index contributed by atoms with van der Waals surface area (Å²) in [6.45, 7) is 0.716. The highest BCUT2D eigenvalue weighted by atomic mass is 35.5. The Morgan fingerprint density at radius 3 is 2.57 bits per heavy atom. The normalized spacial score (nSPS) is 22.9. The van der Waals surface area contributed by atoms with Crippen molar-refractivity contribution in [1.82, 2.24) is 14.3 Å². The number of nitrogens with zero attached hydrogens (tertiary/aromatic N) is 2. The molecule has 2 aromatic rings. The molecule has 1 saturated heterocycles. The van der Waals surface area contributed by atoms with E-state index in [1.807, 2.05) is 30.3 Å². The Morgan fingerprint density at radius 2 is 1.95 bits per heavy atom. The summed E-state index contributed by atoms with van der Waals surface area (Å²) in [5.74, 6) is 0.0221. The summed E-state index contributed by atoms with van der Waals surface area (Å²) >= 11 is 0. The summed E-state index contributed by atoms with van der Waals surface area (Å²) in [7, 11) is -3.53. The summed E-state index contributed by atoms with van der Waals surface area (Å²) in [5.41, 5.74) is 7.19. The molecule has 3 N–H and O–H groups in total. The summed E-state index contributed by atoms with van der Waals surface area (Å²) in [5, 5.41) is 0.110. The molecule has 2 atom stereocenters. The van der Waals surface area contributed by atoms with Gasteiger partial charge in [-0.2, -0.15) is 4.31 Å². The van der Waals surface area contributed by atoms with Gasteiger partial charge in [0.05, 0.1) is 12.5 Å². The van der Waals surface area contributed by atoms with E-state index in [-0.39, 0.29) is 29.4 Å². The molecule has 0 spiro atoms. The van der Waals surface area contributed by atoms with Crippen LogP contribution in [0, 0.1) is 0 Å². The Morgan fingerprint density at radius 1 is 1.24 bits per heavy atom. The number of aromatic nitrogens is 2. The Hall–Kier alpha value is -1.41. The Bertz CT molecular complexity index is 675. The quantitative estimate of drug-likeness (QED) is 0.877. The van der Waals surface area contributed by atoms with Crippen molar-refractivity contribution in [1.29, 1.82) is 0 Å². The second kappa shape index (κ2) is 6.15. The lowest BCUT2D eigenvalue weighted by molar-refractivity contribution is 0.467. The first-order valence-corrected chi connectivity index (χ1v) is 7.82. The summed E-state index contributed by atoms with van der Waals surface area (Å²) in [6.07, 6.45) is 2.67. The van der Waals surface area contributed by atoms with Gasteiger partial charge in [-0.15, -0.1) is 12.4 Å². The molecule has 114 valence electrons. The predicted octanol–water partition coefficient (Wildman–Crippen LogP) is 0.947. The zero-order valence-corrected chi connectivity index (χ0v) is 12.8. The van der Waals surface area contributed by atoms with E-state index in [9.17, 15) is 8.42 Å². The number of hydrogen-bond donors (Lipinski definition) is 2. The van der Waals surface area contributed by atoms with Crippen LogP contribution in [0.5, 0.6) is 0 Å². The van der Waals surface area contributed by atoms with E-state index in [1.54, 1.807) is 0 Å². The average Bonchev–Trinajstić information content (AvgIpc) is 3.09. The van der Waals surface area contributed by atoms with E-state index >= 15 is 0 Å². The maximum absolute atomic E-state index is 12.4. The van der Waals surface area contributed by atoms with E-state index in [2.05, 4.69) is 9.97 Å².